The zero-order valence-corrected chi connectivity index (χ0v) is 11.1. The van der Waals surface area contributed by atoms with Crippen LogP contribution in [0.3, 0.4) is 0 Å². The van der Waals surface area contributed by atoms with Gasteiger partial charge in [0.1, 0.15) is 0 Å². The van der Waals surface area contributed by atoms with Crippen LogP contribution >= 0.6 is 15.9 Å². The van der Waals surface area contributed by atoms with E-state index in [1.165, 1.54) is 12.0 Å². The second kappa shape index (κ2) is 5.19. The molecule has 0 aliphatic heterocycles. The van der Waals surface area contributed by atoms with Gasteiger partial charge in [0.25, 0.3) is 0 Å². The molecule has 0 radical (unpaired) electrons. The van der Waals surface area contributed by atoms with E-state index < -0.39 is 0 Å². The Morgan fingerprint density at radius 3 is 2.75 bits per heavy atom. The Morgan fingerprint density at radius 2 is 2.06 bits per heavy atom. The highest BCUT2D eigenvalue weighted by molar-refractivity contribution is 9.10. The highest BCUT2D eigenvalue weighted by atomic mass is 79.9. The molecule has 1 fully saturated rings. The van der Waals surface area contributed by atoms with E-state index in [-0.39, 0.29) is 12.1 Å². The summed E-state index contributed by atoms with van der Waals surface area (Å²) >= 11 is 3.46. The van der Waals surface area contributed by atoms with E-state index >= 15 is 0 Å². The van der Waals surface area contributed by atoms with Crippen LogP contribution in [0.2, 0.25) is 0 Å². The summed E-state index contributed by atoms with van der Waals surface area (Å²) in [6.07, 6.45) is 4.16. The molecule has 2 atom stereocenters. The number of aliphatic hydroxyl groups is 1. The number of rotatable bonds is 2. The van der Waals surface area contributed by atoms with Crippen LogP contribution in [0.15, 0.2) is 22.7 Å². The van der Waals surface area contributed by atoms with Gasteiger partial charge in [-0.2, -0.15) is 0 Å². The third-order valence-electron chi connectivity index (χ3n) is 3.26. The molecule has 0 amide bonds. The molecule has 2 nitrogen and oxygen atoms in total. The first-order valence-corrected chi connectivity index (χ1v) is 6.67. The molecule has 0 aromatic heterocycles. The zero-order valence-electron chi connectivity index (χ0n) is 9.54. The zero-order chi connectivity index (χ0) is 11.5. The van der Waals surface area contributed by atoms with Gasteiger partial charge in [-0.25, -0.2) is 0 Å². The van der Waals surface area contributed by atoms with Gasteiger partial charge in [-0.05, 0) is 43.5 Å². The molecule has 0 unspecified atom stereocenters. The predicted molar refractivity (Wildman–Crippen MR) is 70.8 cm³/mol. The number of aliphatic hydroxyl groups excluding tert-OH is 1. The fourth-order valence-corrected chi connectivity index (χ4v) is 2.74. The van der Waals surface area contributed by atoms with Crippen LogP contribution in [0.25, 0.3) is 0 Å². The third-order valence-corrected chi connectivity index (χ3v) is 3.75. The molecule has 1 aliphatic carbocycles. The van der Waals surface area contributed by atoms with Crippen molar-refractivity contribution in [1.29, 1.82) is 0 Å². The van der Waals surface area contributed by atoms with Crippen LogP contribution in [0.1, 0.15) is 31.2 Å². The first-order chi connectivity index (χ1) is 7.66. The van der Waals surface area contributed by atoms with E-state index in [9.17, 15) is 5.11 Å². The van der Waals surface area contributed by atoms with Gasteiger partial charge in [0.05, 0.1) is 12.1 Å². The Hall–Kier alpha value is -0.540. The predicted octanol–water partition coefficient (Wildman–Crippen LogP) is 3.47. The lowest BCUT2D eigenvalue weighted by molar-refractivity contribution is 0.116. The number of nitrogens with one attached hydrogen (secondary N) is 1. The number of hydrogen-bond donors (Lipinski definition) is 2. The van der Waals surface area contributed by atoms with Crippen LogP contribution in [0.4, 0.5) is 5.69 Å². The van der Waals surface area contributed by atoms with E-state index in [2.05, 4.69) is 40.3 Å². The average Bonchev–Trinajstić information content (AvgIpc) is 2.25. The highest BCUT2D eigenvalue weighted by Gasteiger charge is 2.22. The van der Waals surface area contributed by atoms with Gasteiger partial charge in [-0.15, -0.1) is 0 Å². The van der Waals surface area contributed by atoms with Crippen molar-refractivity contribution in [3.8, 4) is 0 Å². The Balaban J connectivity index is 2.07. The summed E-state index contributed by atoms with van der Waals surface area (Å²) < 4.78 is 1.10. The van der Waals surface area contributed by atoms with Crippen molar-refractivity contribution in [3.05, 3.63) is 28.2 Å². The molecule has 1 saturated carbocycles. The van der Waals surface area contributed by atoms with Gasteiger partial charge in [0, 0.05) is 10.2 Å². The summed E-state index contributed by atoms with van der Waals surface area (Å²) in [4.78, 5) is 0. The normalized spacial score (nSPS) is 25.4. The molecule has 1 aromatic rings. The fraction of sp³-hybridized carbons (Fsp3) is 0.538. The molecule has 16 heavy (non-hydrogen) atoms. The first kappa shape index (κ1) is 11.9. The summed E-state index contributed by atoms with van der Waals surface area (Å²) in [5.74, 6) is 0. The Kier molecular flexibility index (Phi) is 3.87. The van der Waals surface area contributed by atoms with Gasteiger partial charge in [-0.3, -0.25) is 0 Å². The fourth-order valence-electron chi connectivity index (χ4n) is 2.27. The van der Waals surface area contributed by atoms with Crippen LogP contribution in [-0.2, 0) is 0 Å². The maximum atomic E-state index is 9.90. The maximum absolute atomic E-state index is 9.90. The molecular weight excluding hydrogens is 266 g/mol. The minimum absolute atomic E-state index is 0.197. The van der Waals surface area contributed by atoms with Gasteiger partial charge in [0.15, 0.2) is 0 Å². The minimum atomic E-state index is -0.197. The molecule has 3 heteroatoms. The monoisotopic (exact) mass is 283 g/mol. The van der Waals surface area contributed by atoms with E-state index in [0.717, 1.165) is 29.4 Å². The number of anilines is 1. The lowest BCUT2D eigenvalue weighted by Crippen LogP contribution is -2.36. The average molecular weight is 284 g/mol. The van der Waals surface area contributed by atoms with E-state index in [1.54, 1.807) is 0 Å². The summed E-state index contributed by atoms with van der Waals surface area (Å²) in [7, 11) is 0. The molecule has 0 spiro atoms. The summed E-state index contributed by atoms with van der Waals surface area (Å²) in [6.45, 7) is 2.09. The summed E-state index contributed by atoms with van der Waals surface area (Å²) in [5, 5.41) is 13.4. The van der Waals surface area contributed by atoms with E-state index in [1.807, 2.05) is 6.07 Å². The third kappa shape index (κ3) is 2.77. The van der Waals surface area contributed by atoms with Crippen molar-refractivity contribution >= 4 is 21.6 Å². The Morgan fingerprint density at radius 1 is 1.31 bits per heavy atom. The number of benzene rings is 1. The Labute approximate surface area is 105 Å². The molecule has 2 rings (SSSR count). The number of halogens is 1. The van der Waals surface area contributed by atoms with Crippen molar-refractivity contribution in [2.75, 3.05) is 5.32 Å². The van der Waals surface area contributed by atoms with Crippen LogP contribution in [-0.4, -0.2) is 17.3 Å². The van der Waals surface area contributed by atoms with Gasteiger partial charge < -0.3 is 10.4 Å². The van der Waals surface area contributed by atoms with E-state index in [0.29, 0.717) is 0 Å². The largest absolute Gasteiger partial charge is 0.391 e. The highest BCUT2D eigenvalue weighted by Crippen LogP contribution is 2.25. The smallest absolute Gasteiger partial charge is 0.0741 e. The molecule has 0 bridgehead atoms. The maximum Gasteiger partial charge on any atom is 0.0741 e. The van der Waals surface area contributed by atoms with Gasteiger partial charge in [-0.1, -0.05) is 28.8 Å². The van der Waals surface area contributed by atoms with Gasteiger partial charge >= 0.3 is 0 Å². The lowest BCUT2D eigenvalue weighted by Gasteiger charge is -2.29. The van der Waals surface area contributed by atoms with E-state index in [4.69, 9.17) is 0 Å². The van der Waals surface area contributed by atoms with Crippen molar-refractivity contribution < 1.29 is 5.11 Å². The minimum Gasteiger partial charge on any atom is -0.391 e. The first-order valence-electron chi connectivity index (χ1n) is 5.87. The molecule has 1 aromatic carbocycles. The SMILES string of the molecule is Cc1cc(Br)ccc1N[C@@H]1CCCC[C@H]1O. The molecular formula is C13H18BrNO. The molecule has 2 N–H and O–H groups in total. The molecule has 88 valence electrons. The molecule has 0 saturated heterocycles. The molecule has 1 aliphatic rings. The van der Waals surface area contributed by atoms with Crippen LogP contribution in [0.5, 0.6) is 0 Å². The van der Waals surface area contributed by atoms with Crippen molar-refractivity contribution in [2.45, 2.75) is 44.8 Å². The van der Waals surface area contributed by atoms with Crippen molar-refractivity contribution in [1.82, 2.24) is 0 Å². The van der Waals surface area contributed by atoms with Gasteiger partial charge in [0.2, 0.25) is 0 Å². The topological polar surface area (TPSA) is 32.3 Å². The number of aryl methyl sites for hydroxylation is 1. The second-order valence-electron chi connectivity index (χ2n) is 4.56. The summed E-state index contributed by atoms with van der Waals surface area (Å²) in [5.41, 5.74) is 2.35. The van der Waals surface area contributed by atoms with Crippen molar-refractivity contribution in [3.63, 3.8) is 0 Å². The molecule has 0 heterocycles. The van der Waals surface area contributed by atoms with Crippen LogP contribution < -0.4 is 5.32 Å². The van der Waals surface area contributed by atoms with Crippen molar-refractivity contribution in [2.24, 2.45) is 0 Å². The summed E-state index contributed by atoms with van der Waals surface area (Å²) in [6, 6.07) is 6.41. The lowest BCUT2D eigenvalue weighted by atomic mass is 9.92. The van der Waals surface area contributed by atoms with Crippen LogP contribution in [0, 0.1) is 6.92 Å². The number of hydrogen-bond acceptors (Lipinski definition) is 2. The second-order valence-corrected chi connectivity index (χ2v) is 5.48. The quantitative estimate of drug-likeness (QED) is 0.871. The standard InChI is InChI=1S/C13H18BrNO/c1-9-8-10(14)6-7-11(9)15-12-4-2-3-5-13(12)16/h6-8,12-13,15-16H,2-5H2,1H3/t12-,13-/m1/s1. The Bertz CT molecular complexity index is 367.